The molecule has 1 aromatic carbocycles. The van der Waals surface area contributed by atoms with E-state index in [2.05, 4.69) is 37.3 Å². The van der Waals surface area contributed by atoms with Crippen LogP contribution in [0.1, 0.15) is 50.5 Å². The van der Waals surface area contributed by atoms with Gasteiger partial charge in [0, 0.05) is 5.38 Å². The molecule has 0 radical (unpaired) electrons. The average molecular weight is 237 g/mol. The first-order chi connectivity index (χ1) is 7.83. The summed E-state index contributed by atoms with van der Waals surface area (Å²) in [6.07, 6.45) is 6.44. The highest BCUT2D eigenvalue weighted by molar-refractivity contribution is 6.20. The second kappa shape index (κ2) is 5.72. The van der Waals surface area contributed by atoms with Gasteiger partial charge in [0.2, 0.25) is 0 Å². The van der Waals surface area contributed by atoms with Gasteiger partial charge in [0.15, 0.2) is 0 Å². The van der Waals surface area contributed by atoms with Crippen LogP contribution in [-0.2, 0) is 0 Å². The fraction of sp³-hybridized carbons (Fsp3) is 0.600. The Morgan fingerprint density at radius 3 is 2.56 bits per heavy atom. The Bertz CT molecular complexity index is 306. The molecule has 1 fully saturated rings. The van der Waals surface area contributed by atoms with Crippen molar-refractivity contribution in [2.45, 2.75) is 50.3 Å². The molecular weight excluding hydrogens is 216 g/mol. The zero-order valence-electron chi connectivity index (χ0n) is 10.0. The van der Waals surface area contributed by atoms with Crippen LogP contribution in [0.15, 0.2) is 30.3 Å². The minimum atomic E-state index is 0.352. The van der Waals surface area contributed by atoms with Crippen molar-refractivity contribution in [1.29, 1.82) is 0 Å². The van der Waals surface area contributed by atoms with Gasteiger partial charge in [0.25, 0.3) is 0 Å². The highest BCUT2D eigenvalue weighted by atomic mass is 35.5. The number of hydrogen-bond acceptors (Lipinski definition) is 0. The van der Waals surface area contributed by atoms with Crippen molar-refractivity contribution in [2.24, 2.45) is 5.92 Å². The van der Waals surface area contributed by atoms with E-state index in [0.29, 0.717) is 17.2 Å². The Hall–Kier alpha value is -0.490. The lowest BCUT2D eigenvalue weighted by molar-refractivity contribution is 0.293. The van der Waals surface area contributed by atoms with E-state index in [1.54, 1.807) is 0 Å². The molecule has 1 heteroatoms. The lowest BCUT2D eigenvalue weighted by Gasteiger charge is -2.34. The van der Waals surface area contributed by atoms with Crippen molar-refractivity contribution in [3.05, 3.63) is 35.9 Å². The van der Waals surface area contributed by atoms with Crippen molar-refractivity contribution in [3.63, 3.8) is 0 Å². The summed E-state index contributed by atoms with van der Waals surface area (Å²) in [5.74, 6) is 1.38. The average Bonchev–Trinajstić information content (AvgIpc) is 2.39. The Labute approximate surface area is 104 Å². The molecule has 1 saturated carbocycles. The molecule has 1 aromatic rings. The van der Waals surface area contributed by atoms with Gasteiger partial charge in [-0.2, -0.15) is 0 Å². The first-order valence-electron chi connectivity index (χ1n) is 6.52. The molecule has 1 aliphatic carbocycles. The van der Waals surface area contributed by atoms with Crippen LogP contribution in [0, 0.1) is 5.92 Å². The highest BCUT2D eigenvalue weighted by Gasteiger charge is 2.30. The van der Waals surface area contributed by atoms with Crippen molar-refractivity contribution >= 4 is 11.6 Å². The fourth-order valence-electron chi connectivity index (χ4n) is 3.01. The van der Waals surface area contributed by atoms with Crippen LogP contribution in [0.2, 0.25) is 0 Å². The maximum atomic E-state index is 6.49. The lowest BCUT2D eigenvalue weighted by Crippen LogP contribution is -2.25. The van der Waals surface area contributed by atoms with Crippen molar-refractivity contribution < 1.29 is 0 Å². The van der Waals surface area contributed by atoms with Gasteiger partial charge in [-0.25, -0.2) is 0 Å². The van der Waals surface area contributed by atoms with Gasteiger partial charge < -0.3 is 0 Å². The summed E-state index contributed by atoms with van der Waals surface area (Å²) in [7, 11) is 0. The predicted octanol–water partition coefficient (Wildman–Crippen LogP) is 4.98. The Balaban J connectivity index is 2.16. The summed E-state index contributed by atoms with van der Waals surface area (Å²) >= 11 is 6.49. The lowest BCUT2D eigenvalue weighted by atomic mass is 9.73. The molecule has 0 N–H and O–H groups in total. The van der Waals surface area contributed by atoms with Crippen LogP contribution < -0.4 is 0 Å². The van der Waals surface area contributed by atoms with E-state index in [4.69, 9.17) is 11.6 Å². The quantitative estimate of drug-likeness (QED) is 0.650. The molecule has 2 rings (SSSR count). The van der Waals surface area contributed by atoms with Crippen molar-refractivity contribution in [1.82, 2.24) is 0 Å². The van der Waals surface area contributed by atoms with E-state index in [-0.39, 0.29) is 0 Å². The molecule has 1 aliphatic rings. The summed E-state index contributed by atoms with van der Waals surface area (Å²) in [6.45, 7) is 2.20. The van der Waals surface area contributed by atoms with E-state index in [0.717, 1.165) is 6.42 Å². The molecule has 0 aromatic heterocycles. The van der Waals surface area contributed by atoms with E-state index >= 15 is 0 Å². The third-order valence-corrected chi connectivity index (χ3v) is 4.53. The molecule has 88 valence electrons. The maximum Gasteiger partial charge on any atom is 0.0367 e. The number of hydrogen-bond donors (Lipinski definition) is 0. The molecule has 0 nitrogen and oxygen atoms in total. The minimum Gasteiger partial charge on any atom is -0.123 e. The molecule has 0 bridgehead atoms. The molecule has 3 unspecified atom stereocenters. The summed E-state index contributed by atoms with van der Waals surface area (Å²) in [6, 6.07) is 10.9. The summed E-state index contributed by atoms with van der Waals surface area (Å²) in [5, 5.41) is 0.352. The Morgan fingerprint density at radius 2 is 1.88 bits per heavy atom. The second-order valence-corrected chi connectivity index (χ2v) is 5.45. The summed E-state index contributed by atoms with van der Waals surface area (Å²) in [5.41, 5.74) is 1.49. The predicted molar refractivity (Wildman–Crippen MR) is 71.1 cm³/mol. The normalized spacial score (nSPS) is 27.6. The first kappa shape index (κ1) is 12.0. The largest absolute Gasteiger partial charge is 0.123 e. The number of halogens is 1. The maximum absolute atomic E-state index is 6.49. The second-order valence-electron chi connectivity index (χ2n) is 4.89. The zero-order chi connectivity index (χ0) is 11.4. The van der Waals surface area contributed by atoms with Crippen LogP contribution in [0.3, 0.4) is 0 Å². The third kappa shape index (κ3) is 2.60. The van der Waals surface area contributed by atoms with Gasteiger partial charge >= 0.3 is 0 Å². The van der Waals surface area contributed by atoms with E-state index in [1.807, 2.05) is 0 Å². The molecular formula is C15H21Cl. The van der Waals surface area contributed by atoms with Crippen LogP contribution >= 0.6 is 11.6 Å². The zero-order valence-corrected chi connectivity index (χ0v) is 10.8. The van der Waals surface area contributed by atoms with Gasteiger partial charge in [0.05, 0.1) is 0 Å². The molecule has 0 aliphatic heterocycles. The SMILES string of the molecule is CCC(Cl)C1CCCCC1c1ccccc1. The van der Waals surface area contributed by atoms with E-state index in [1.165, 1.54) is 31.2 Å². The monoisotopic (exact) mass is 236 g/mol. The van der Waals surface area contributed by atoms with Gasteiger partial charge in [-0.3, -0.25) is 0 Å². The summed E-state index contributed by atoms with van der Waals surface area (Å²) < 4.78 is 0. The number of benzene rings is 1. The van der Waals surface area contributed by atoms with Gasteiger partial charge in [0.1, 0.15) is 0 Å². The Morgan fingerprint density at radius 1 is 1.19 bits per heavy atom. The number of alkyl halides is 1. The molecule has 3 atom stereocenters. The molecule has 0 saturated heterocycles. The van der Waals surface area contributed by atoms with Crippen molar-refractivity contribution in [3.8, 4) is 0 Å². The third-order valence-electron chi connectivity index (χ3n) is 3.90. The first-order valence-corrected chi connectivity index (χ1v) is 6.95. The van der Waals surface area contributed by atoms with Crippen LogP contribution in [0.25, 0.3) is 0 Å². The van der Waals surface area contributed by atoms with Crippen LogP contribution in [0.4, 0.5) is 0 Å². The van der Waals surface area contributed by atoms with E-state index in [9.17, 15) is 0 Å². The van der Waals surface area contributed by atoms with Gasteiger partial charge in [-0.05, 0) is 36.7 Å². The molecule has 0 spiro atoms. The highest BCUT2D eigenvalue weighted by Crippen LogP contribution is 2.41. The van der Waals surface area contributed by atoms with Gasteiger partial charge in [-0.1, -0.05) is 50.1 Å². The smallest absolute Gasteiger partial charge is 0.0367 e. The molecule has 0 heterocycles. The molecule has 16 heavy (non-hydrogen) atoms. The Kier molecular flexibility index (Phi) is 4.29. The minimum absolute atomic E-state index is 0.352. The fourth-order valence-corrected chi connectivity index (χ4v) is 3.31. The standard InChI is InChI=1S/C15H21Cl/c1-2-15(16)14-11-7-6-10-13(14)12-8-4-3-5-9-12/h3-5,8-9,13-15H,2,6-7,10-11H2,1H3. The summed E-state index contributed by atoms with van der Waals surface area (Å²) in [4.78, 5) is 0. The van der Waals surface area contributed by atoms with E-state index < -0.39 is 0 Å². The number of rotatable bonds is 3. The molecule has 0 amide bonds. The van der Waals surface area contributed by atoms with Crippen LogP contribution in [0.5, 0.6) is 0 Å². The van der Waals surface area contributed by atoms with Crippen molar-refractivity contribution in [2.75, 3.05) is 0 Å². The van der Waals surface area contributed by atoms with Crippen LogP contribution in [-0.4, -0.2) is 5.38 Å². The van der Waals surface area contributed by atoms with Gasteiger partial charge in [-0.15, -0.1) is 11.6 Å². The topological polar surface area (TPSA) is 0 Å².